The lowest BCUT2D eigenvalue weighted by Gasteiger charge is -2.23. The van der Waals surface area contributed by atoms with Crippen molar-refractivity contribution in [2.45, 2.75) is 155 Å². The Kier molecular flexibility index (Phi) is 15.9. The molecule has 3 heteroatoms. The third kappa shape index (κ3) is 12.3. The van der Waals surface area contributed by atoms with Crippen molar-refractivity contribution in [1.29, 1.82) is 0 Å². The number of rotatable bonds is 18. The fourth-order valence-electron chi connectivity index (χ4n) is 5.30. The Morgan fingerprint density at radius 1 is 0.765 bits per heavy atom. The van der Waals surface area contributed by atoms with Gasteiger partial charge in [0.2, 0.25) is 0 Å². The maximum absolute atomic E-state index is 12.7. The number of benzene rings is 1. The summed E-state index contributed by atoms with van der Waals surface area (Å²) in [6.07, 6.45) is 26.1. The van der Waals surface area contributed by atoms with Gasteiger partial charge in [-0.1, -0.05) is 122 Å². The van der Waals surface area contributed by atoms with Gasteiger partial charge >= 0.3 is 6.09 Å². The molecule has 0 radical (unpaired) electrons. The molecule has 1 aliphatic rings. The number of aryl methyl sites for hydroxylation is 1. The predicted molar refractivity (Wildman–Crippen MR) is 146 cm³/mol. The molecule has 34 heavy (non-hydrogen) atoms. The van der Waals surface area contributed by atoms with E-state index >= 15 is 0 Å². The minimum absolute atomic E-state index is 0.263. The summed E-state index contributed by atoms with van der Waals surface area (Å²) in [5.74, 6) is 0.791. The fourth-order valence-corrected chi connectivity index (χ4v) is 5.30. The molecule has 0 saturated heterocycles. The molecule has 1 fully saturated rings. The average Bonchev–Trinajstić information content (AvgIpc) is 2.84. The van der Waals surface area contributed by atoms with Gasteiger partial charge in [0.25, 0.3) is 0 Å². The zero-order valence-electron chi connectivity index (χ0n) is 22.5. The molecular formula is C31H53NO2. The highest BCUT2D eigenvalue weighted by Gasteiger charge is 2.18. The van der Waals surface area contributed by atoms with Gasteiger partial charge in [-0.25, -0.2) is 4.79 Å². The predicted octanol–water partition coefficient (Wildman–Crippen LogP) is 9.69. The second kappa shape index (κ2) is 18.8. The maximum Gasteiger partial charge on any atom is 0.412 e. The van der Waals surface area contributed by atoms with Gasteiger partial charge in [-0.2, -0.15) is 0 Å². The monoisotopic (exact) mass is 471 g/mol. The van der Waals surface area contributed by atoms with Crippen LogP contribution in [0.1, 0.15) is 147 Å². The van der Waals surface area contributed by atoms with Crippen LogP contribution in [0.3, 0.4) is 0 Å². The second-order valence-corrected chi connectivity index (χ2v) is 10.5. The molecule has 0 heterocycles. The number of unbranched alkanes of at least 4 members (excludes halogenated alkanes) is 12. The second-order valence-electron chi connectivity index (χ2n) is 10.5. The van der Waals surface area contributed by atoms with Crippen LogP contribution in [0.4, 0.5) is 4.79 Å². The van der Waals surface area contributed by atoms with Gasteiger partial charge < -0.3 is 10.1 Å². The first kappa shape index (κ1) is 28.7. The number of carbonyl (C=O) groups is 1. The van der Waals surface area contributed by atoms with Gasteiger partial charge in [-0.3, -0.25) is 0 Å². The third-order valence-electron chi connectivity index (χ3n) is 7.44. The molecule has 3 nitrogen and oxygen atoms in total. The maximum atomic E-state index is 12.7. The van der Waals surface area contributed by atoms with E-state index in [0.29, 0.717) is 0 Å². The molecule has 1 N–H and O–H groups in total. The van der Waals surface area contributed by atoms with Crippen LogP contribution in [0.5, 0.6) is 5.75 Å². The van der Waals surface area contributed by atoms with Crippen LogP contribution in [0, 0.1) is 0 Å². The summed E-state index contributed by atoms with van der Waals surface area (Å²) in [6, 6.07) is 6.63. The molecule has 194 valence electrons. The van der Waals surface area contributed by atoms with Gasteiger partial charge in [-0.05, 0) is 55.7 Å². The van der Waals surface area contributed by atoms with Crippen molar-refractivity contribution >= 4 is 6.09 Å². The van der Waals surface area contributed by atoms with Crippen LogP contribution < -0.4 is 10.1 Å². The van der Waals surface area contributed by atoms with Gasteiger partial charge in [-0.15, -0.1) is 0 Å². The average molecular weight is 472 g/mol. The van der Waals surface area contributed by atoms with E-state index in [1.807, 2.05) is 6.07 Å². The topological polar surface area (TPSA) is 38.3 Å². The number of amides is 1. The smallest absolute Gasteiger partial charge is 0.410 e. The van der Waals surface area contributed by atoms with Crippen LogP contribution in [0.25, 0.3) is 0 Å². The minimum atomic E-state index is -0.263. The van der Waals surface area contributed by atoms with Crippen LogP contribution in [0.15, 0.2) is 18.2 Å². The van der Waals surface area contributed by atoms with Crippen molar-refractivity contribution < 1.29 is 9.53 Å². The van der Waals surface area contributed by atoms with Crippen molar-refractivity contribution in [3.63, 3.8) is 0 Å². The number of ether oxygens (including phenoxy) is 1. The van der Waals surface area contributed by atoms with E-state index in [2.05, 4.69) is 31.3 Å². The van der Waals surface area contributed by atoms with Crippen LogP contribution in [0.2, 0.25) is 0 Å². The van der Waals surface area contributed by atoms with Crippen molar-refractivity contribution in [3.05, 3.63) is 29.3 Å². The summed E-state index contributed by atoms with van der Waals surface area (Å²) in [7, 11) is 0. The Morgan fingerprint density at radius 2 is 1.32 bits per heavy atom. The molecule has 1 aliphatic carbocycles. The fraction of sp³-hybridized carbons (Fsp3) is 0.774. The Labute approximate surface area is 210 Å². The van der Waals surface area contributed by atoms with E-state index < -0.39 is 0 Å². The van der Waals surface area contributed by atoms with Crippen LogP contribution in [-0.2, 0) is 12.8 Å². The first-order valence-electron chi connectivity index (χ1n) is 14.8. The Bertz CT molecular complexity index is 651. The highest BCUT2D eigenvalue weighted by molar-refractivity contribution is 5.71. The molecule has 0 aliphatic heterocycles. The highest BCUT2D eigenvalue weighted by atomic mass is 16.6. The van der Waals surface area contributed by atoms with Crippen molar-refractivity contribution in [3.8, 4) is 5.75 Å². The SMILES string of the molecule is CCCCCCCCCc1cccc(OC(=O)NC2CCCCC2)c1CCCCCCCCC. The summed E-state index contributed by atoms with van der Waals surface area (Å²) in [5, 5.41) is 3.13. The molecule has 0 spiro atoms. The summed E-state index contributed by atoms with van der Waals surface area (Å²) >= 11 is 0. The van der Waals surface area contributed by atoms with E-state index in [1.54, 1.807) is 0 Å². The number of nitrogens with one attached hydrogen (secondary N) is 1. The lowest BCUT2D eigenvalue weighted by Crippen LogP contribution is -2.38. The number of hydrogen-bond acceptors (Lipinski definition) is 2. The van der Waals surface area contributed by atoms with E-state index in [9.17, 15) is 4.79 Å². The third-order valence-corrected chi connectivity index (χ3v) is 7.44. The van der Waals surface area contributed by atoms with E-state index in [4.69, 9.17) is 4.74 Å². The standard InChI is InChI=1S/C31H53NO2/c1-3-5-7-9-11-13-16-21-27-22-20-26-30(29(27)25-19-14-12-10-8-6-4-2)34-31(33)32-28-23-17-15-18-24-28/h20,22,26,28H,3-19,21,23-25H2,1-2H3,(H,32,33). The molecule has 0 aromatic heterocycles. The molecule has 0 atom stereocenters. The molecular weight excluding hydrogens is 418 g/mol. The van der Waals surface area contributed by atoms with Crippen LogP contribution in [-0.4, -0.2) is 12.1 Å². The Balaban J connectivity index is 1.90. The summed E-state index contributed by atoms with van der Waals surface area (Å²) < 4.78 is 5.92. The molecule has 1 saturated carbocycles. The summed E-state index contributed by atoms with van der Waals surface area (Å²) in [4.78, 5) is 12.7. The molecule has 2 rings (SSSR count). The molecule has 1 aromatic carbocycles. The van der Waals surface area contributed by atoms with Crippen LogP contribution >= 0.6 is 0 Å². The highest BCUT2D eigenvalue weighted by Crippen LogP contribution is 2.27. The lowest BCUT2D eigenvalue weighted by atomic mass is 9.95. The van der Waals surface area contributed by atoms with Gasteiger partial charge in [0, 0.05) is 6.04 Å². The van der Waals surface area contributed by atoms with E-state index in [0.717, 1.165) is 31.4 Å². The van der Waals surface area contributed by atoms with Crippen molar-refractivity contribution in [2.75, 3.05) is 0 Å². The quantitative estimate of drug-likeness (QED) is 0.216. The minimum Gasteiger partial charge on any atom is -0.410 e. The molecule has 1 aromatic rings. The Morgan fingerprint density at radius 3 is 1.94 bits per heavy atom. The normalized spacial score (nSPS) is 14.3. The van der Waals surface area contributed by atoms with Crippen molar-refractivity contribution in [2.24, 2.45) is 0 Å². The van der Waals surface area contributed by atoms with Gasteiger partial charge in [0.05, 0.1) is 0 Å². The largest absolute Gasteiger partial charge is 0.412 e. The van der Waals surface area contributed by atoms with E-state index in [1.165, 1.54) is 120 Å². The first-order chi connectivity index (χ1) is 16.7. The van der Waals surface area contributed by atoms with Crippen molar-refractivity contribution in [1.82, 2.24) is 5.32 Å². The molecule has 0 unspecified atom stereocenters. The summed E-state index contributed by atoms with van der Waals surface area (Å²) in [6.45, 7) is 4.55. The lowest BCUT2D eigenvalue weighted by molar-refractivity contribution is 0.191. The van der Waals surface area contributed by atoms with Gasteiger partial charge in [0.15, 0.2) is 0 Å². The molecule has 1 amide bonds. The Hall–Kier alpha value is -1.51. The molecule has 0 bridgehead atoms. The van der Waals surface area contributed by atoms with E-state index in [-0.39, 0.29) is 12.1 Å². The summed E-state index contributed by atoms with van der Waals surface area (Å²) in [5.41, 5.74) is 2.67. The van der Waals surface area contributed by atoms with Gasteiger partial charge in [0.1, 0.15) is 5.75 Å². The zero-order valence-corrected chi connectivity index (χ0v) is 22.5. The number of carbonyl (C=O) groups excluding carboxylic acids is 1. The zero-order chi connectivity index (χ0) is 24.3. The first-order valence-corrected chi connectivity index (χ1v) is 14.8. The number of hydrogen-bond donors (Lipinski definition) is 1.